The van der Waals surface area contributed by atoms with E-state index in [1.807, 2.05) is 42.5 Å². The van der Waals surface area contributed by atoms with Gasteiger partial charge >= 0.3 is 0 Å². The van der Waals surface area contributed by atoms with Crippen LogP contribution in [-0.2, 0) is 16.1 Å². The highest BCUT2D eigenvalue weighted by Crippen LogP contribution is 2.26. The Labute approximate surface area is 193 Å². The second-order valence-electron chi connectivity index (χ2n) is 8.42. The first-order valence-corrected chi connectivity index (χ1v) is 11.8. The molecule has 1 aliphatic carbocycles. The van der Waals surface area contributed by atoms with E-state index in [-0.39, 0.29) is 24.3 Å². The third kappa shape index (κ3) is 7.18. The van der Waals surface area contributed by atoms with Gasteiger partial charge in [0.15, 0.2) is 0 Å². The van der Waals surface area contributed by atoms with Gasteiger partial charge < -0.3 is 10.6 Å². The molecule has 31 heavy (non-hydrogen) atoms. The van der Waals surface area contributed by atoms with E-state index in [4.69, 9.17) is 0 Å². The maximum Gasteiger partial charge on any atom is 0.226 e. The number of nitrogens with one attached hydrogen (secondary N) is 2. The highest BCUT2D eigenvalue weighted by molar-refractivity contribution is 9.10. The number of rotatable bonds is 8. The van der Waals surface area contributed by atoms with Gasteiger partial charge in [-0.15, -0.1) is 0 Å². The van der Waals surface area contributed by atoms with Crippen molar-refractivity contribution in [3.8, 4) is 0 Å². The van der Waals surface area contributed by atoms with Gasteiger partial charge in [0.25, 0.3) is 0 Å². The van der Waals surface area contributed by atoms with Crippen molar-refractivity contribution in [3.05, 3.63) is 64.1 Å². The highest BCUT2D eigenvalue weighted by atomic mass is 79.9. The van der Waals surface area contributed by atoms with E-state index in [9.17, 15) is 9.59 Å². The van der Waals surface area contributed by atoms with Crippen LogP contribution in [0, 0.1) is 0 Å². The molecule has 1 unspecified atom stereocenters. The summed E-state index contributed by atoms with van der Waals surface area (Å²) in [4.78, 5) is 27.0. The first kappa shape index (κ1) is 23.5. The Morgan fingerprint density at radius 2 is 1.74 bits per heavy atom. The summed E-state index contributed by atoms with van der Waals surface area (Å²) in [5.74, 6) is -0.273. The van der Waals surface area contributed by atoms with Crippen LogP contribution in [0.15, 0.2) is 53.0 Å². The average molecular weight is 486 g/mol. The zero-order valence-corrected chi connectivity index (χ0v) is 20.0. The van der Waals surface area contributed by atoms with Crippen molar-refractivity contribution in [2.45, 2.75) is 64.1 Å². The van der Waals surface area contributed by atoms with Crippen LogP contribution in [0.25, 0.3) is 0 Å². The maximum absolute atomic E-state index is 12.9. The minimum atomic E-state index is -0.373. The quantitative estimate of drug-likeness (QED) is 0.524. The monoisotopic (exact) mass is 485 g/mol. The Balaban J connectivity index is 1.67. The molecule has 2 amide bonds. The molecule has 2 aromatic carbocycles. The van der Waals surface area contributed by atoms with Crippen LogP contribution >= 0.6 is 15.9 Å². The van der Waals surface area contributed by atoms with Crippen molar-refractivity contribution in [2.75, 3.05) is 12.4 Å². The van der Waals surface area contributed by atoms with Gasteiger partial charge in [-0.05, 0) is 49.2 Å². The second-order valence-corrected chi connectivity index (χ2v) is 9.34. The molecule has 166 valence electrons. The minimum Gasteiger partial charge on any atom is -0.349 e. The number of carbonyl (C=O) groups is 2. The van der Waals surface area contributed by atoms with Crippen molar-refractivity contribution in [1.29, 1.82) is 0 Å². The summed E-state index contributed by atoms with van der Waals surface area (Å²) in [5, 5.41) is 5.98. The lowest BCUT2D eigenvalue weighted by molar-refractivity contribution is -0.120. The highest BCUT2D eigenvalue weighted by Gasteiger charge is 2.20. The first-order chi connectivity index (χ1) is 14.9. The van der Waals surface area contributed by atoms with Crippen LogP contribution < -0.4 is 10.6 Å². The standard InChI is InChI=1S/C25H32BrN3O2/c1-18(30)27-24(19-12-14-21(26)15-13-19)16-25(31)28-23-11-7-6-8-20(23)17-29(2)22-9-4-3-5-10-22/h6-8,11-15,22,24H,3-5,9-10,16-17H2,1-2H3,(H,27,30)(H,28,31). The van der Waals surface area contributed by atoms with Crippen molar-refractivity contribution in [2.24, 2.45) is 0 Å². The molecule has 0 radical (unpaired) electrons. The van der Waals surface area contributed by atoms with Crippen molar-refractivity contribution in [3.63, 3.8) is 0 Å². The fraction of sp³-hybridized carbons (Fsp3) is 0.440. The predicted molar refractivity (Wildman–Crippen MR) is 129 cm³/mol. The van der Waals surface area contributed by atoms with Gasteiger partial charge in [-0.3, -0.25) is 14.5 Å². The third-order valence-corrected chi connectivity index (χ3v) is 6.48. The predicted octanol–water partition coefficient (Wildman–Crippen LogP) is 5.42. The number of halogens is 1. The Hall–Kier alpha value is -2.18. The van der Waals surface area contributed by atoms with Crippen molar-refractivity contribution < 1.29 is 9.59 Å². The number of amides is 2. The van der Waals surface area contributed by atoms with E-state index >= 15 is 0 Å². The van der Waals surface area contributed by atoms with Gasteiger partial charge in [-0.1, -0.05) is 65.5 Å². The molecule has 1 aliphatic rings. The average Bonchev–Trinajstić information content (AvgIpc) is 2.75. The number of hydrogen-bond donors (Lipinski definition) is 2. The summed E-state index contributed by atoms with van der Waals surface area (Å²) in [7, 11) is 2.18. The zero-order valence-electron chi connectivity index (χ0n) is 18.4. The molecular weight excluding hydrogens is 454 g/mol. The van der Waals surface area contributed by atoms with Gasteiger partial charge in [0.1, 0.15) is 0 Å². The smallest absolute Gasteiger partial charge is 0.226 e. The maximum atomic E-state index is 12.9. The Morgan fingerprint density at radius 1 is 1.06 bits per heavy atom. The molecule has 6 heteroatoms. The molecular formula is C25H32BrN3O2. The van der Waals surface area contributed by atoms with E-state index in [0.29, 0.717) is 6.04 Å². The lowest BCUT2D eigenvalue weighted by atomic mass is 9.94. The lowest BCUT2D eigenvalue weighted by Gasteiger charge is -2.31. The van der Waals surface area contributed by atoms with Crippen LogP contribution in [0.3, 0.4) is 0 Å². The molecule has 0 spiro atoms. The van der Waals surface area contributed by atoms with Gasteiger partial charge in [0.05, 0.1) is 12.5 Å². The Morgan fingerprint density at radius 3 is 2.42 bits per heavy atom. The number of carbonyl (C=O) groups excluding carboxylic acids is 2. The second kappa shape index (κ2) is 11.4. The summed E-state index contributed by atoms with van der Waals surface area (Å²) in [5.41, 5.74) is 2.86. The molecule has 1 fully saturated rings. The summed E-state index contributed by atoms with van der Waals surface area (Å²) in [6.45, 7) is 2.28. The van der Waals surface area contributed by atoms with E-state index in [0.717, 1.165) is 27.8 Å². The molecule has 2 aromatic rings. The van der Waals surface area contributed by atoms with E-state index in [1.54, 1.807) is 0 Å². The van der Waals surface area contributed by atoms with E-state index in [1.165, 1.54) is 39.0 Å². The number of hydrogen-bond acceptors (Lipinski definition) is 3. The molecule has 0 heterocycles. The Kier molecular flexibility index (Phi) is 8.67. The molecule has 1 atom stereocenters. The fourth-order valence-electron chi connectivity index (χ4n) is 4.28. The van der Waals surface area contributed by atoms with E-state index in [2.05, 4.69) is 44.6 Å². The largest absolute Gasteiger partial charge is 0.349 e. The van der Waals surface area contributed by atoms with Crippen LogP contribution in [0.1, 0.15) is 62.6 Å². The molecule has 0 aromatic heterocycles. The lowest BCUT2D eigenvalue weighted by Crippen LogP contribution is -2.33. The Bertz CT molecular complexity index is 879. The molecule has 3 rings (SSSR count). The van der Waals surface area contributed by atoms with Gasteiger partial charge in [0.2, 0.25) is 11.8 Å². The number of benzene rings is 2. The normalized spacial score (nSPS) is 15.5. The van der Waals surface area contributed by atoms with Gasteiger partial charge in [-0.2, -0.15) is 0 Å². The summed E-state index contributed by atoms with van der Waals surface area (Å²) < 4.78 is 0.957. The third-order valence-electron chi connectivity index (χ3n) is 5.95. The minimum absolute atomic E-state index is 0.116. The van der Waals surface area contributed by atoms with Crippen LogP contribution in [0.2, 0.25) is 0 Å². The van der Waals surface area contributed by atoms with Gasteiger partial charge in [-0.25, -0.2) is 0 Å². The molecule has 2 N–H and O–H groups in total. The topological polar surface area (TPSA) is 61.4 Å². The van der Waals surface area contributed by atoms with Crippen molar-refractivity contribution in [1.82, 2.24) is 10.2 Å². The summed E-state index contributed by atoms with van der Waals surface area (Å²) in [6, 6.07) is 15.9. The zero-order chi connectivity index (χ0) is 22.2. The van der Waals surface area contributed by atoms with Crippen LogP contribution in [0.5, 0.6) is 0 Å². The first-order valence-electron chi connectivity index (χ1n) is 11.0. The van der Waals surface area contributed by atoms with Crippen LogP contribution in [-0.4, -0.2) is 29.8 Å². The van der Waals surface area contributed by atoms with Crippen LogP contribution in [0.4, 0.5) is 5.69 Å². The number of para-hydroxylation sites is 1. The SMILES string of the molecule is CC(=O)NC(CC(=O)Nc1ccccc1CN(C)C1CCCCC1)c1ccc(Br)cc1. The number of anilines is 1. The molecule has 1 saturated carbocycles. The molecule has 5 nitrogen and oxygen atoms in total. The molecule has 0 bridgehead atoms. The fourth-order valence-corrected chi connectivity index (χ4v) is 4.54. The van der Waals surface area contributed by atoms with Crippen molar-refractivity contribution >= 4 is 33.4 Å². The summed E-state index contributed by atoms with van der Waals surface area (Å²) >= 11 is 3.43. The summed E-state index contributed by atoms with van der Waals surface area (Å²) in [6.07, 6.45) is 6.61. The molecule has 0 aliphatic heterocycles. The van der Waals surface area contributed by atoms with Gasteiger partial charge in [0, 0.05) is 29.7 Å². The molecule has 0 saturated heterocycles. The van der Waals surface area contributed by atoms with E-state index < -0.39 is 0 Å². The number of nitrogens with zero attached hydrogens (tertiary/aromatic N) is 1.